The number of amides is 1. The van der Waals surface area contributed by atoms with Gasteiger partial charge in [-0.15, -0.1) is 0 Å². The van der Waals surface area contributed by atoms with Crippen LogP contribution in [0, 0.1) is 0 Å². The summed E-state index contributed by atoms with van der Waals surface area (Å²) < 4.78 is 32.1. The minimum absolute atomic E-state index is 0.0939. The first-order valence-corrected chi connectivity index (χ1v) is 10.4. The van der Waals surface area contributed by atoms with E-state index in [0.29, 0.717) is 26.3 Å². The van der Waals surface area contributed by atoms with E-state index in [-0.39, 0.29) is 10.5 Å². The highest BCUT2D eigenvalue weighted by Gasteiger charge is 2.26. The first-order valence-electron chi connectivity index (χ1n) is 8.98. The molecule has 28 heavy (non-hydrogen) atoms. The van der Waals surface area contributed by atoms with Gasteiger partial charge in [-0.05, 0) is 30.7 Å². The van der Waals surface area contributed by atoms with Crippen molar-refractivity contribution in [3.63, 3.8) is 0 Å². The molecule has 8 heteroatoms. The van der Waals surface area contributed by atoms with Crippen LogP contribution in [0.4, 0.5) is 0 Å². The summed E-state index contributed by atoms with van der Waals surface area (Å²) in [4.78, 5) is 12.6. The highest BCUT2D eigenvalue weighted by molar-refractivity contribution is 7.89. The van der Waals surface area contributed by atoms with Gasteiger partial charge in [0, 0.05) is 18.7 Å². The standard InChI is InChI=1S/C20H23N3O4S/c1-2-19(16-7-4-3-5-8-16)21-22-20(24)17-9-6-10-18(15-17)28(25,26)23-11-13-27-14-12-23/h2-10,15,21H,11-14H2,1H3,(H,22,24)/b19-2-. The maximum atomic E-state index is 12.8. The molecule has 7 nitrogen and oxygen atoms in total. The third kappa shape index (κ3) is 4.59. The Bertz CT molecular complexity index is 952. The minimum Gasteiger partial charge on any atom is -0.379 e. The molecule has 0 saturated carbocycles. The zero-order chi connectivity index (χ0) is 20.0. The number of morpholine rings is 1. The molecule has 2 N–H and O–H groups in total. The Balaban J connectivity index is 1.72. The van der Waals surface area contributed by atoms with Crippen molar-refractivity contribution in [2.75, 3.05) is 26.3 Å². The van der Waals surface area contributed by atoms with Crippen molar-refractivity contribution in [1.82, 2.24) is 15.2 Å². The third-order valence-corrected chi connectivity index (χ3v) is 6.28. The third-order valence-electron chi connectivity index (χ3n) is 4.39. The Morgan fingerprint density at radius 2 is 1.68 bits per heavy atom. The van der Waals surface area contributed by atoms with Crippen molar-refractivity contribution in [2.45, 2.75) is 11.8 Å². The summed E-state index contributed by atoms with van der Waals surface area (Å²) in [6.45, 7) is 3.21. The first kappa shape index (κ1) is 20.1. The molecule has 3 rings (SSSR count). The number of rotatable bonds is 6. The molecular weight excluding hydrogens is 378 g/mol. The van der Waals surface area contributed by atoms with Gasteiger partial charge in [-0.25, -0.2) is 8.42 Å². The largest absolute Gasteiger partial charge is 0.379 e. The van der Waals surface area contributed by atoms with E-state index >= 15 is 0 Å². The summed E-state index contributed by atoms with van der Waals surface area (Å²) in [6.07, 6.45) is 1.84. The lowest BCUT2D eigenvalue weighted by Crippen LogP contribution is -2.40. The van der Waals surface area contributed by atoms with E-state index in [2.05, 4.69) is 10.9 Å². The smallest absolute Gasteiger partial charge is 0.269 e. The van der Waals surface area contributed by atoms with E-state index in [1.54, 1.807) is 12.1 Å². The average molecular weight is 401 g/mol. The lowest BCUT2D eigenvalue weighted by Gasteiger charge is -2.26. The fraction of sp³-hybridized carbons (Fsp3) is 0.250. The second-order valence-corrected chi connectivity index (χ2v) is 8.13. The zero-order valence-corrected chi connectivity index (χ0v) is 16.4. The normalized spacial score (nSPS) is 15.8. The topological polar surface area (TPSA) is 87.7 Å². The van der Waals surface area contributed by atoms with Gasteiger partial charge in [-0.2, -0.15) is 4.31 Å². The molecule has 0 aromatic heterocycles. The number of allylic oxidation sites excluding steroid dienone is 1. The molecule has 1 amide bonds. The van der Waals surface area contributed by atoms with E-state index in [0.717, 1.165) is 11.3 Å². The summed E-state index contributed by atoms with van der Waals surface area (Å²) in [5.74, 6) is -0.422. The van der Waals surface area contributed by atoms with Crippen molar-refractivity contribution in [1.29, 1.82) is 0 Å². The molecule has 0 spiro atoms. The van der Waals surface area contributed by atoms with Crippen molar-refractivity contribution < 1.29 is 17.9 Å². The number of carbonyl (C=O) groups excluding carboxylic acids is 1. The predicted octanol–water partition coefficient (Wildman–Crippen LogP) is 2.00. The average Bonchev–Trinajstić information content (AvgIpc) is 2.75. The molecule has 0 radical (unpaired) electrons. The molecule has 148 valence electrons. The highest BCUT2D eigenvalue weighted by Crippen LogP contribution is 2.18. The van der Waals surface area contributed by atoms with Crippen LogP contribution in [0.5, 0.6) is 0 Å². The molecule has 0 atom stereocenters. The van der Waals surface area contributed by atoms with E-state index in [9.17, 15) is 13.2 Å². The monoisotopic (exact) mass is 401 g/mol. The SMILES string of the molecule is C/C=C(\NNC(=O)c1cccc(S(=O)(=O)N2CCOCC2)c1)c1ccccc1. The summed E-state index contributed by atoms with van der Waals surface area (Å²) in [5, 5.41) is 0. The molecule has 0 bridgehead atoms. The van der Waals surface area contributed by atoms with Gasteiger partial charge in [0.25, 0.3) is 5.91 Å². The van der Waals surface area contributed by atoms with Crippen LogP contribution in [-0.2, 0) is 14.8 Å². The molecule has 0 unspecified atom stereocenters. The van der Waals surface area contributed by atoms with Crippen molar-refractivity contribution >= 4 is 21.6 Å². The second-order valence-electron chi connectivity index (χ2n) is 6.19. The Morgan fingerprint density at radius 3 is 2.36 bits per heavy atom. The van der Waals surface area contributed by atoms with E-state index < -0.39 is 15.9 Å². The van der Waals surface area contributed by atoms with Gasteiger partial charge in [-0.1, -0.05) is 42.5 Å². The Kier molecular flexibility index (Phi) is 6.45. The number of hydrogen-bond acceptors (Lipinski definition) is 5. The number of carbonyl (C=O) groups is 1. The van der Waals surface area contributed by atoms with Crippen LogP contribution >= 0.6 is 0 Å². The van der Waals surface area contributed by atoms with Crippen LogP contribution < -0.4 is 10.9 Å². The van der Waals surface area contributed by atoms with Crippen LogP contribution in [0.2, 0.25) is 0 Å². The molecule has 1 saturated heterocycles. The van der Waals surface area contributed by atoms with Gasteiger partial charge < -0.3 is 4.74 Å². The Morgan fingerprint density at radius 1 is 1.00 bits per heavy atom. The highest BCUT2D eigenvalue weighted by atomic mass is 32.2. The van der Waals surface area contributed by atoms with Crippen LogP contribution in [0.25, 0.3) is 5.70 Å². The fourth-order valence-corrected chi connectivity index (χ4v) is 4.31. The van der Waals surface area contributed by atoms with Crippen LogP contribution in [-0.4, -0.2) is 44.9 Å². The van der Waals surface area contributed by atoms with Gasteiger partial charge in [0.2, 0.25) is 10.0 Å². The maximum Gasteiger partial charge on any atom is 0.269 e. The van der Waals surface area contributed by atoms with E-state index in [1.165, 1.54) is 16.4 Å². The lowest BCUT2D eigenvalue weighted by molar-refractivity contribution is 0.0730. The van der Waals surface area contributed by atoms with E-state index in [1.807, 2.05) is 43.3 Å². The Hall–Kier alpha value is -2.68. The van der Waals surface area contributed by atoms with Crippen molar-refractivity contribution in [3.8, 4) is 0 Å². The van der Waals surface area contributed by atoms with E-state index in [4.69, 9.17) is 4.74 Å². The first-order chi connectivity index (χ1) is 13.5. The summed E-state index contributed by atoms with van der Waals surface area (Å²) in [7, 11) is -3.66. The second kappa shape index (κ2) is 9.01. The number of nitrogens with zero attached hydrogens (tertiary/aromatic N) is 1. The number of hydrazine groups is 1. The van der Waals surface area contributed by atoms with Crippen LogP contribution in [0.3, 0.4) is 0 Å². The van der Waals surface area contributed by atoms with Crippen LogP contribution in [0.1, 0.15) is 22.8 Å². The van der Waals surface area contributed by atoms with Crippen molar-refractivity contribution in [3.05, 3.63) is 71.8 Å². The summed E-state index contributed by atoms with van der Waals surface area (Å²) in [6, 6.07) is 15.6. The van der Waals surface area contributed by atoms with Gasteiger partial charge in [0.05, 0.1) is 23.8 Å². The number of benzene rings is 2. The van der Waals surface area contributed by atoms with Gasteiger partial charge in [0.15, 0.2) is 0 Å². The lowest BCUT2D eigenvalue weighted by atomic mass is 10.1. The number of ether oxygens (including phenoxy) is 1. The number of sulfonamides is 1. The van der Waals surface area contributed by atoms with Gasteiger partial charge in [-0.3, -0.25) is 15.6 Å². The number of nitrogens with one attached hydrogen (secondary N) is 2. The molecule has 2 aromatic rings. The fourth-order valence-electron chi connectivity index (χ4n) is 2.86. The summed E-state index contributed by atoms with van der Waals surface area (Å²) in [5.41, 5.74) is 7.43. The molecule has 1 aliphatic heterocycles. The molecule has 1 heterocycles. The number of hydrogen-bond donors (Lipinski definition) is 2. The van der Waals surface area contributed by atoms with Crippen LogP contribution in [0.15, 0.2) is 65.6 Å². The quantitative estimate of drug-likeness (QED) is 0.723. The molecule has 2 aromatic carbocycles. The molecule has 0 aliphatic carbocycles. The minimum atomic E-state index is -3.66. The predicted molar refractivity (Wildman–Crippen MR) is 107 cm³/mol. The van der Waals surface area contributed by atoms with Gasteiger partial charge >= 0.3 is 0 Å². The maximum absolute atomic E-state index is 12.8. The van der Waals surface area contributed by atoms with Crippen molar-refractivity contribution in [2.24, 2.45) is 0 Å². The van der Waals surface area contributed by atoms with Gasteiger partial charge in [0.1, 0.15) is 0 Å². The molecule has 1 fully saturated rings. The Labute approximate surface area is 165 Å². The summed E-state index contributed by atoms with van der Waals surface area (Å²) >= 11 is 0. The molecule has 1 aliphatic rings. The molecular formula is C20H23N3O4S. The zero-order valence-electron chi connectivity index (χ0n) is 15.6.